The average molecular weight is 994 g/mol. The lowest BCUT2D eigenvalue weighted by molar-refractivity contribution is -0.397. The number of nitrogen functional groups attached to an aromatic ring is 2. The van der Waals surface area contributed by atoms with E-state index in [0.29, 0.717) is 42.7 Å². The molecular weight excluding hydrogens is 920 g/mol. The van der Waals surface area contributed by atoms with E-state index in [2.05, 4.69) is 118 Å². The molecule has 0 spiro atoms. The minimum Gasteiger partial charge on any atom is -1.00 e. The molecule has 1 amide bonds. The number of halogens is 1. The minimum atomic E-state index is -0.629. The highest BCUT2D eigenvalue weighted by Crippen LogP contribution is 2.35. The number of carboxylic acid groups (broad SMARTS) is 1. The zero-order chi connectivity index (χ0) is 50.9. The van der Waals surface area contributed by atoms with Gasteiger partial charge in [0.05, 0.1) is 12.0 Å². The Morgan fingerprint density at radius 3 is 1.46 bits per heavy atom. The summed E-state index contributed by atoms with van der Waals surface area (Å²) in [6, 6.07) is 44.9. The maximum atomic E-state index is 12.9. The summed E-state index contributed by atoms with van der Waals surface area (Å²) in [5.74, 6) is 1.47. The van der Waals surface area contributed by atoms with E-state index in [9.17, 15) is 19.2 Å². The molecule has 0 unspecified atom stereocenters. The zero-order valence-electron chi connectivity index (χ0n) is 42.4. The predicted molar refractivity (Wildman–Crippen MR) is 284 cm³/mol. The second-order valence-electron chi connectivity index (χ2n) is 19.7. The van der Waals surface area contributed by atoms with E-state index < -0.39 is 12.0 Å². The van der Waals surface area contributed by atoms with Crippen LogP contribution in [0.2, 0.25) is 0 Å². The fourth-order valence-corrected chi connectivity index (χ4v) is 9.80. The third-order valence-electron chi connectivity index (χ3n) is 14.0. The summed E-state index contributed by atoms with van der Waals surface area (Å²) in [7, 11) is 0. The number of aromatic nitrogens is 2. The summed E-state index contributed by atoms with van der Waals surface area (Å²) in [5.41, 5.74) is 26.3. The number of benzene rings is 4. The van der Waals surface area contributed by atoms with Crippen LogP contribution in [0.3, 0.4) is 0 Å². The van der Waals surface area contributed by atoms with Crippen molar-refractivity contribution in [1.29, 1.82) is 0 Å². The number of carbonyl (C=O) groups excluding carboxylic acids is 3. The lowest BCUT2D eigenvalue weighted by atomic mass is 9.94. The third kappa shape index (κ3) is 17.3. The highest BCUT2D eigenvalue weighted by atomic mass is 35.5. The Morgan fingerprint density at radius 2 is 1.03 bits per heavy atom. The number of amides is 1. The van der Waals surface area contributed by atoms with Crippen LogP contribution in [0.5, 0.6) is 0 Å². The maximum Gasteiger partial charge on any atom is 0.306 e. The van der Waals surface area contributed by atoms with Gasteiger partial charge in [-0.15, -0.1) is 0 Å². The van der Waals surface area contributed by atoms with Crippen molar-refractivity contribution in [3.8, 4) is 22.3 Å². The Labute approximate surface area is 432 Å². The van der Waals surface area contributed by atoms with Gasteiger partial charge in [0.25, 0.3) is 0 Å². The van der Waals surface area contributed by atoms with Crippen LogP contribution < -0.4 is 34.9 Å². The number of rotatable bonds is 17. The van der Waals surface area contributed by atoms with Crippen LogP contribution in [-0.2, 0) is 44.9 Å². The molecule has 2 aliphatic rings. The molecule has 12 heteroatoms. The fourth-order valence-electron chi connectivity index (χ4n) is 9.80. The second-order valence-corrected chi connectivity index (χ2v) is 19.7. The zero-order valence-corrected chi connectivity index (χ0v) is 43.1. The molecule has 2 aromatic heterocycles. The Hall–Kier alpha value is -6.69. The van der Waals surface area contributed by atoms with Crippen molar-refractivity contribution in [2.45, 2.75) is 117 Å². The van der Waals surface area contributed by atoms with Gasteiger partial charge in [-0.25, -0.2) is 9.97 Å². The summed E-state index contributed by atoms with van der Waals surface area (Å²) >= 11 is 0. The fraction of sp³-hybridized carbons (Fsp3) is 0.367. The minimum absolute atomic E-state index is 0. The van der Waals surface area contributed by atoms with Crippen LogP contribution in [0.4, 0.5) is 11.6 Å². The second kappa shape index (κ2) is 27.8. The van der Waals surface area contributed by atoms with Crippen molar-refractivity contribution in [3.05, 3.63) is 167 Å². The molecule has 380 valence electrons. The van der Waals surface area contributed by atoms with Crippen molar-refractivity contribution < 1.29 is 42.4 Å². The van der Waals surface area contributed by atoms with Crippen LogP contribution >= 0.6 is 0 Å². The molecule has 0 radical (unpaired) electrons. The Bertz CT molecular complexity index is 2720. The normalized spacial score (nSPS) is 17.7. The molecule has 8 rings (SSSR count). The van der Waals surface area contributed by atoms with Gasteiger partial charge >= 0.3 is 5.97 Å². The topological polar surface area (TPSA) is 206 Å². The molecule has 72 heavy (non-hydrogen) atoms. The number of aryl methyl sites for hydroxylation is 4. The van der Waals surface area contributed by atoms with Crippen molar-refractivity contribution >= 4 is 35.1 Å². The molecule has 0 bridgehead atoms. The summed E-state index contributed by atoms with van der Waals surface area (Å²) in [6.45, 7) is 7.41. The molecule has 2 heterocycles. The van der Waals surface area contributed by atoms with E-state index in [0.717, 1.165) is 80.3 Å². The number of pyridine rings is 2. The van der Waals surface area contributed by atoms with Gasteiger partial charge in [-0.3, -0.25) is 19.2 Å². The van der Waals surface area contributed by atoms with Crippen LogP contribution in [-0.4, -0.2) is 50.6 Å². The molecule has 6 atom stereocenters. The SMILES string of the molecule is Cc1nc(N)ccc1CCC(=O)[C@H](C)NC(=O)[C@@H]1CC[C@@H](Cc2cccc(-c3ccccc3)c2)C1.Cc1nc(N)ccc1CCC(=O)[C@H](C)[NH3+].O=C(O)[C@@H]1CC[C@@H](Cc2cccc(-c3ccccc3)c2)C1.[Cl-]. The number of carboxylic acids is 1. The van der Waals surface area contributed by atoms with E-state index in [1.54, 1.807) is 19.1 Å². The van der Waals surface area contributed by atoms with Gasteiger partial charge in [0.2, 0.25) is 5.91 Å². The Kier molecular flexibility index (Phi) is 21.7. The lowest BCUT2D eigenvalue weighted by Gasteiger charge is -2.17. The average Bonchev–Trinajstić information content (AvgIpc) is 4.05. The molecule has 9 N–H and O–H groups in total. The monoisotopic (exact) mass is 993 g/mol. The smallest absolute Gasteiger partial charge is 0.306 e. The summed E-state index contributed by atoms with van der Waals surface area (Å²) in [5, 5.41) is 12.1. The number of ketones is 2. The number of anilines is 2. The quantitative estimate of drug-likeness (QED) is 0.0650. The van der Waals surface area contributed by atoms with Crippen LogP contribution in [0.25, 0.3) is 22.3 Å². The van der Waals surface area contributed by atoms with Crippen molar-refractivity contribution in [2.24, 2.45) is 23.7 Å². The van der Waals surface area contributed by atoms with Gasteiger partial charge in [0.1, 0.15) is 17.7 Å². The molecule has 2 aliphatic carbocycles. The van der Waals surface area contributed by atoms with Crippen molar-refractivity contribution in [3.63, 3.8) is 0 Å². The molecular formula is C60H73ClN6O5. The first-order valence-electron chi connectivity index (χ1n) is 25.3. The number of hydrogen-bond acceptors (Lipinski definition) is 8. The Balaban J connectivity index is 0.000000221. The number of aliphatic carboxylic acids is 1. The number of nitrogens with one attached hydrogen (secondary N) is 1. The first-order chi connectivity index (χ1) is 34.1. The van der Waals surface area contributed by atoms with Crippen molar-refractivity contribution in [2.75, 3.05) is 11.5 Å². The third-order valence-corrected chi connectivity index (χ3v) is 14.0. The highest BCUT2D eigenvalue weighted by molar-refractivity contribution is 5.89. The largest absolute Gasteiger partial charge is 1.00 e. The molecule has 0 aliphatic heterocycles. The number of hydrogen-bond donors (Lipinski definition) is 5. The molecule has 11 nitrogen and oxygen atoms in total. The van der Waals surface area contributed by atoms with E-state index >= 15 is 0 Å². The van der Waals surface area contributed by atoms with Crippen LogP contribution in [0.1, 0.15) is 98.9 Å². The summed E-state index contributed by atoms with van der Waals surface area (Å²) < 4.78 is 0. The van der Waals surface area contributed by atoms with Gasteiger partial charge in [0.15, 0.2) is 11.6 Å². The van der Waals surface area contributed by atoms with E-state index in [4.69, 9.17) is 16.6 Å². The molecule has 4 aromatic carbocycles. The van der Waals surface area contributed by atoms with Crippen LogP contribution in [0.15, 0.2) is 133 Å². The van der Waals surface area contributed by atoms with Gasteiger partial charge in [-0.05, 0) is 160 Å². The molecule has 6 aromatic rings. The number of carbonyl (C=O) groups is 4. The van der Waals surface area contributed by atoms with Crippen molar-refractivity contribution in [1.82, 2.24) is 15.3 Å². The van der Waals surface area contributed by atoms with Gasteiger partial charge in [-0.1, -0.05) is 121 Å². The van der Waals surface area contributed by atoms with Gasteiger partial charge in [0, 0.05) is 30.1 Å². The summed E-state index contributed by atoms with van der Waals surface area (Å²) in [4.78, 5) is 56.3. The Morgan fingerprint density at radius 1 is 0.597 bits per heavy atom. The summed E-state index contributed by atoms with van der Waals surface area (Å²) in [6.07, 6.45) is 9.68. The lowest BCUT2D eigenvalue weighted by Crippen LogP contribution is -3.00. The predicted octanol–water partition coefficient (Wildman–Crippen LogP) is 6.81. The van der Waals surface area contributed by atoms with E-state index in [1.807, 2.05) is 45.0 Å². The first-order valence-corrected chi connectivity index (χ1v) is 25.3. The van der Waals surface area contributed by atoms with E-state index in [1.165, 1.54) is 33.4 Å². The standard InChI is InChI=1S/C30H35N3O2.C19H20O2.C11H17N3O.ClH/c1-20-24(14-16-29(31)32-20)13-15-28(34)21(2)33-30(35)27-12-11-23(19-27)17-22-7-6-10-26(18-22)25-8-4-3-5-9-25;20-19(21)18-10-9-15(13-18)11-14-5-4-8-17(12-14)16-6-2-1-3-7-16;1-7(12)10(15)5-3-9-4-6-11(13)14-8(9)2;/h3-10,14,16,18,21,23,27H,11-13,15,17,19H2,1-2H3,(H2,31,32)(H,33,35);1-8,12,15,18H,9-11,13H2,(H,20,21);4,6-7H,3,5,12H2,1-2H3,(H2,13,14);1H/t21-,23-,27+;15-,18+;7-;/m000./s1. The molecule has 2 saturated carbocycles. The number of nitrogens with two attached hydrogens (primary N) is 2. The van der Waals surface area contributed by atoms with Gasteiger partial charge < -0.3 is 40.0 Å². The number of quaternary nitrogens is 1. The van der Waals surface area contributed by atoms with Gasteiger partial charge in [-0.2, -0.15) is 0 Å². The molecule has 2 fully saturated rings. The van der Waals surface area contributed by atoms with E-state index in [-0.39, 0.29) is 47.8 Å². The highest BCUT2D eigenvalue weighted by Gasteiger charge is 2.32. The maximum absolute atomic E-state index is 12.9. The number of nitrogens with zero attached hydrogens (tertiary/aromatic N) is 2. The first kappa shape index (κ1) is 56.2. The van der Waals surface area contributed by atoms with Crippen LogP contribution in [0, 0.1) is 37.5 Å². The molecule has 0 saturated heterocycles. The number of Topliss-reactive ketones (excluding diaryl/α,β-unsaturated/α-hetero) is 2.